The molecule has 2 aromatic carbocycles. The van der Waals surface area contributed by atoms with Gasteiger partial charge in [0.15, 0.2) is 6.10 Å². The highest BCUT2D eigenvalue weighted by atomic mass is 32.2. The third kappa shape index (κ3) is 5.12. The van der Waals surface area contributed by atoms with E-state index in [9.17, 15) is 13.2 Å². The number of nitrogens with one attached hydrogen (secondary N) is 1. The SMILES string of the molecule is CCOc1ccc(NC(=O)[C@H](C)Oc2cccc(C)c2)cc1S(=O)(=O)N1CCCC1. The maximum atomic E-state index is 13.1. The molecule has 162 valence electrons. The van der Waals surface area contributed by atoms with E-state index in [1.54, 1.807) is 32.0 Å². The van der Waals surface area contributed by atoms with E-state index in [-0.39, 0.29) is 16.6 Å². The number of rotatable bonds is 8. The minimum atomic E-state index is -3.70. The lowest BCUT2D eigenvalue weighted by atomic mass is 10.2. The van der Waals surface area contributed by atoms with Gasteiger partial charge in [-0.2, -0.15) is 4.31 Å². The summed E-state index contributed by atoms with van der Waals surface area (Å²) in [6, 6.07) is 12.1. The molecule has 1 heterocycles. The maximum Gasteiger partial charge on any atom is 0.265 e. The number of anilines is 1. The van der Waals surface area contributed by atoms with Gasteiger partial charge >= 0.3 is 0 Å². The van der Waals surface area contributed by atoms with Crippen LogP contribution in [0.4, 0.5) is 5.69 Å². The first-order valence-corrected chi connectivity index (χ1v) is 11.6. The van der Waals surface area contributed by atoms with Gasteiger partial charge in [-0.3, -0.25) is 4.79 Å². The van der Waals surface area contributed by atoms with Crippen molar-refractivity contribution < 1.29 is 22.7 Å². The predicted octanol–water partition coefficient (Wildman–Crippen LogP) is 3.58. The summed E-state index contributed by atoms with van der Waals surface area (Å²) < 4.78 is 38.9. The van der Waals surface area contributed by atoms with Crippen molar-refractivity contribution in [3.05, 3.63) is 48.0 Å². The average molecular weight is 433 g/mol. The molecule has 2 aromatic rings. The summed E-state index contributed by atoms with van der Waals surface area (Å²) in [6.07, 6.45) is 0.929. The van der Waals surface area contributed by atoms with Crippen molar-refractivity contribution in [2.24, 2.45) is 0 Å². The van der Waals surface area contributed by atoms with Gasteiger partial charge in [-0.1, -0.05) is 12.1 Å². The maximum absolute atomic E-state index is 13.1. The van der Waals surface area contributed by atoms with Gasteiger partial charge in [0, 0.05) is 18.8 Å². The van der Waals surface area contributed by atoms with Crippen molar-refractivity contribution in [2.75, 3.05) is 25.0 Å². The first-order chi connectivity index (χ1) is 14.3. The van der Waals surface area contributed by atoms with Crippen LogP contribution in [-0.4, -0.2) is 44.4 Å². The Kier molecular flexibility index (Phi) is 6.99. The molecule has 0 aliphatic carbocycles. The zero-order valence-corrected chi connectivity index (χ0v) is 18.4. The van der Waals surface area contributed by atoms with Gasteiger partial charge in [0.1, 0.15) is 16.4 Å². The number of benzene rings is 2. The number of ether oxygens (including phenoxy) is 2. The number of carbonyl (C=O) groups is 1. The lowest BCUT2D eigenvalue weighted by Crippen LogP contribution is -2.31. The number of hydrogen-bond donors (Lipinski definition) is 1. The molecule has 30 heavy (non-hydrogen) atoms. The van der Waals surface area contributed by atoms with Crippen molar-refractivity contribution in [3.8, 4) is 11.5 Å². The number of hydrogen-bond acceptors (Lipinski definition) is 5. The normalized spacial score (nSPS) is 15.6. The van der Waals surface area contributed by atoms with E-state index in [0.717, 1.165) is 18.4 Å². The van der Waals surface area contributed by atoms with Gasteiger partial charge < -0.3 is 14.8 Å². The number of aryl methyl sites for hydroxylation is 1. The molecule has 0 radical (unpaired) electrons. The Bertz CT molecular complexity index is 1000. The summed E-state index contributed by atoms with van der Waals surface area (Å²) in [5, 5.41) is 2.75. The van der Waals surface area contributed by atoms with Gasteiger partial charge in [0.05, 0.1) is 6.61 Å². The molecule has 1 N–H and O–H groups in total. The second-order valence-corrected chi connectivity index (χ2v) is 9.18. The van der Waals surface area contributed by atoms with Crippen LogP contribution in [0.15, 0.2) is 47.4 Å². The Morgan fingerprint density at radius 3 is 2.57 bits per heavy atom. The van der Waals surface area contributed by atoms with Gasteiger partial charge in [0.25, 0.3) is 5.91 Å². The van der Waals surface area contributed by atoms with Crippen molar-refractivity contribution in [2.45, 2.75) is 44.6 Å². The molecular weight excluding hydrogens is 404 g/mol. The molecule has 0 unspecified atom stereocenters. The van der Waals surface area contributed by atoms with Gasteiger partial charge in [-0.25, -0.2) is 8.42 Å². The van der Waals surface area contributed by atoms with Crippen LogP contribution in [0.25, 0.3) is 0 Å². The third-order valence-electron chi connectivity index (χ3n) is 4.87. The molecule has 0 spiro atoms. The number of amides is 1. The van der Waals surface area contributed by atoms with Crippen LogP contribution in [0.2, 0.25) is 0 Å². The second-order valence-electron chi connectivity index (χ2n) is 7.27. The Labute approximate surface area is 178 Å². The lowest BCUT2D eigenvalue weighted by molar-refractivity contribution is -0.122. The summed E-state index contributed by atoms with van der Waals surface area (Å²) in [4.78, 5) is 12.7. The van der Waals surface area contributed by atoms with Crippen LogP contribution in [0.5, 0.6) is 11.5 Å². The molecule has 1 aliphatic rings. The van der Waals surface area contributed by atoms with Gasteiger partial charge in [-0.15, -0.1) is 0 Å². The first kappa shape index (κ1) is 22.1. The van der Waals surface area contributed by atoms with Crippen LogP contribution in [0, 0.1) is 6.92 Å². The zero-order chi connectivity index (χ0) is 21.7. The smallest absolute Gasteiger partial charge is 0.265 e. The van der Waals surface area contributed by atoms with Crippen molar-refractivity contribution >= 4 is 21.6 Å². The minimum Gasteiger partial charge on any atom is -0.492 e. The summed E-state index contributed by atoms with van der Waals surface area (Å²) in [5.74, 6) is 0.512. The highest BCUT2D eigenvalue weighted by molar-refractivity contribution is 7.89. The molecule has 1 saturated heterocycles. The molecule has 1 atom stereocenters. The summed E-state index contributed by atoms with van der Waals surface area (Å²) in [5.41, 5.74) is 1.41. The summed E-state index contributed by atoms with van der Waals surface area (Å²) in [7, 11) is -3.70. The van der Waals surface area contributed by atoms with Gasteiger partial charge in [0.2, 0.25) is 10.0 Å². The van der Waals surface area contributed by atoms with Crippen LogP contribution < -0.4 is 14.8 Å². The molecule has 0 saturated carbocycles. The molecule has 3 rings (SSSR count). The molecule has 0 aromatic heterocycles. The van der Waals surface area contributed by atoms with Crippen molar-refractivity contribution in [1.82, 2.24) is 4.31 Å². The van der Waals surface area contributed by atoms with E-state index in [1.807, 2.05) is 25.1 Å². The topological polar surface area (TPSA) is 84.9 Å². The van der Waals surface area contributed by atoms with E-state index in [1.165, 1.54) is 10.4 Å². The molecule has 1 amide bonds. The zero-order valence-electron chi connectivity index (χ0n) is 17.6. The van der Waals surface area contributed by atoms with Crippen molar-refractivity contribution in [1.29, 1.82) is 0 Å². The van der Waals surface area contributed by atoms with Gasteiger partial charge in [-0.05, 0) is 69.5 Å². The van der Waals surface area contributed by atoms with E-state index < -0.39 is 16.1 Å². The largest absolute Gasteiger partial charge is 0.492 e. The third-order valence-corrected chi connectivity index (χ3v) is 6.79. The monoisotopic (exact) mass is 432 g/mol. The van der Waals surface area contributed by atoms with Crippen LogP contribution in [0.1, 0.15) is 32.3 Å². The fourth-order valence-corrected chi connectivity index (χ4v) is 4.99. The molecule has 1 aliphatic heterocycles. The Morgan fingerprint density at radius 2 is 1.90 bits per heavy atom. The first-order valence-electron chi connectivity index (χ1n) is 10.1. The highest BCUT2D eigenvalue weighted by Crippen LogP contribution is 2.31. The van der Waals surface area contributed by atoms with Crippen molar-refractivity contribution in [3.63, 3.8) is 0 Å². The minimum absolute atomic E-state index is 0.0660. The molecule has 1 fully saturated rings. The quantitative estimate of drug-likeness (QED) is 0.689. The standard InChI is InChI=1S/C22H28N2O5S/c1-4-28-20-11-10-18(15-21(20)30(26,27)24-12-5-6-13-24)23-22(25)17(3)29-19-9-7-8-16(2)14-19/h7-11,14-15,17H,4-6,12-13H2,1-3H3,(H,23,25)/t17-/m0/s1. The summed E-state index contributed by atoms with van der Waals surface area (Å²) in [6.45, 7) is 6.72. The van der Waals surface area contributed by atoms with E-state index in [0.29, 0.717) is 31.1 Å². The Morgan fingerprint density at radius 1 is 1.17 bits per heavy atom. The Balaban J connectivity index is 1.79. The fraction of sp³-hybridized carbons (Fsp3) is 0.409. The lowest BCUT2D eigenvalue weighted by Gasteiger charge is -2.20. The average Bonchev–Trinajstić information content (AvgIpc) is 3.25. The molecule has 7 nitrogen and oxygen atoms in total. The van der Waals surface area contributed by atoms with E-state index >= 15 is 0 Å². The molecule has 0 bridgehead atoms. The molecule has 8 heteroatoms. The summed E-state index contributed by atoms with van der Waals surface area (Å²) >= 11 is 0. The van der Waals surface area contributed by atoms with Crippen LogP contribution >= 0.6 is 0 Å². The van der Waals surface area contributed by atoms with E-state index in [2.05, 4.69) is 5.32 Å². The number of sulfonamides is 1. The molecular formula is C22H28N2O5S. The predicted molar refractivity (Wildman–Crippen MR) is 116 cm³/mol. The highest BCUT2D eigenvalue weighted by Gasteiger charge is 2.30. The second kappa shape index (κ2) is 9.49. The number of nitrogens with zero attached hydrogens (tertiary/aromatic N) is 1. The van der Waals surface area contributed by atoms with E-state index in [4.69, 9.17) is 9.47 Å². The van der Waals surface area contributed by atoms with Crippen LogP contribution in [0.3, 0.4) is 0 Å². The Hall–Kier alpha value is -2.58. The van der Waals surface area contributed by atoms with Crippen LogP contribution in [-0.2, 0) is 14.8 Å². The fourth-order valence-electron chi connectivity index (χ4n) is 3.32. The number of carbonyl (C=O) groups excluding carboxylic acids is 1.